The van der Waals surface area contributed by atoms with Crippen LogP contribution in [0.1, 0.15) is 36.8 Å². The Balaban J connectivity index is 1.47. The van der Waals surface area contributed by atoms with E-state index in [0.29, 0.717) is 30.3 Å². The zero-order valence-corrected chi connectivity index (χ0v) is 16.0. The lowest BCUT2D eigenvalue weighted by Gasteiger charge is -2.30. The van der Waals surface area contributed by atoms with Crippen LogP contribution < -0.4 is 9.62 Å². The van der Waals surface area contributed by atoms with Gasteiger partial charge in [-0.1, -0.05) is 30.3 Å². The van der Waals surface area contributed by atoms with Crippen LogP contribution in [0, 0.1) is 0 Å². The number of fused-ring (bicyclic) bond motifs is 1. The van der Waals surface area contributed by atoms with Gasteiger partial charge in [-0.2, -0.15) is 0 Å². The first-order valence-corrected chi connectivity index (χ1v) is 11.0. The lowest BCUT2D eigenvalue weighted by Crippen LogP contribution is -2.35. The summed E-state index contributed by atoms with van der Waals surface area (Å²) in [5, 5.41) is 2.97. The number of para-hydroxylation sites is 1. The Bertz CT molecular complexity index is 934. The van der Waals surface area contributed by atoms with Crippen molar-refractivity contribution < 1.29 is 13.2 Å². The zero-order valence-electron chi connectivity index (χ0n) is 15.2. The Hall–Kier alpha value is -2.34. The quantitative estimate of drug-likeness (QED) is 0.832. The first kappa shape index (κ1) is 18.0. The summed E-state index contributed by atoms with van der Waals surface area (Å²) in [6.45, 7) is 0.502. The number of carbonyl (C=O) groups is 1. The van der Waals surface area contributed by atoms with Crippen molar-refractivity contribution in [2.75, 3.05) is 10.8 Å². The Kier molecular flexibility index (Phi) is 4.91. The molecule has 0 atom stereocenters. The third kappa shape index (κ3) is 4.00. The fourth-order valence-corrected chi connectivity index (χ4v) is 5.03. The summed E-state index contributed by atoms with van der Waals surface area (Å²) in [6, 6.07) is 15.0. The van der Waals surface area contributed by atoms with Crippen molar-refractivity contribution in [2.45, 2.75) is 49.5 Å². The van der Waals surface area contributed by atoms with Crippen LogP contribution in [0.3, 0.4) is 0 Å². The van der Waals surface area contributed by atoms with E-state index in [-0.39, 0.29) is 5.91 Å². The van der Waals surface area contributed by atoms with Crippen molar-refractivity contribution in [1.29, 1.82) is 0 Å². The first-order valence-electron chi connectivity index (χ1n) is 9.53. The average molecular weight is 385 g/mol. The molecular formula is C21H24N2O3S. The Labute approximate surface area is 160 Å². The number of rotatable bonds is 6. The molecule has 27 heavy (non-hydrogen) atoms. The Morgan fingerprint density at radius 2 is 1.81 bits per heavy atom. The van der Waals surface area contributed by atoms with E-state index >= 15 is 0 Å². The normalized spacial score (nSPS) is 16.7. The molecular weight excluding hydrogens is 360 g/mol. The summed E-state index contributed by atoms with van der Waals surface area (Å²) in [4.78, 5) is 12.1. The van der Waals surface area contributed by atoms with Gasteiger partial charge in [0.2, 0.25) is 5.91 Å². The van der Waals surface area contributed by atoms with Crippen molar-refractivity contribution >= 4 is 21.6 Å². The highest BCUT2D eigenvalue weighted by atomic mass is 32.2. The predicted molar refractivity (Wildman–Crippen MR) is 105 cm³/mol. The summed E-state index contributed by atoms with van der Waals surface area (Å²) < 4.78 is 27.8. The highest BCUT2D eigenvalue weighted by molar-refractivity contribution is 7.92. The molecule has 1 aliphatic carbocycles. The highest BCUT2D eigenvalue weighted by Crippen LogP contribution is 2.31. The molecule has 6 heteroatoms. The second-order valence-corrected chi connectivity index (χ2v) is 9.16. The number of carbonyl (C=O) groups excluding carboxylic acids is 1. The van der Waals surface area contributed by atoms with E-state index in [1.165, 1.54) is 4.31 Å². The number of amides is 1. The topological polar surface area (TPSA) is 66.5 Å². The van der Waals surface area contributed by atoms with E-state index in [1.807, 2.05) is 36.4 Å². The molecule has 1 fully saturated rings. The van der Waals surface area contributed by atoms with Crippen molar-refractivity contribution in [2.24, 2.45) is 0 Å². The number of hydrogen-bond acceptors (Lipinski definition) is 3. The van der Waals surface area contributed by atoms with Gasteiger partial charge in [0, 0.05) is 19.0 Å². The molecule has 0 saturated heterocycles. The van der Waals surface area contributed by atoms with Gasteiger partial charge in [0.05, 0.1) is 10.6 Å². The second kappa shape index (κ2) is 7.35. The molecule has 0 radical (unpaired) electrons. The first-order chi connectivity index (χ1) is 13.0. The molecule has 1 heterocycles. The molecule has 2 aliphatic rings. The van der Waals surface area contributed by atoms with Gasteiger partial charge in [0.1, 0.15) is 0 Å². The van der Waals surface area contributed by atoms with Gasteiger partial charge in [-0.05, 0) is 61.4 Å². The van der Waals surface area contributed by atoms with E-state index in [0.717, 1.165) is 42.5 Å². The van der Waals surface area contributed by atoms with Gasteiger partial charge in [-0.15, -0.1) is 0 Å². The van der Waals surface area contributed by atoms with Crippen LogP contribution in [0.2, 0.25) is 0 Å². The molecule has 142 valence electrons. The van der Waals surface area contributed by atoms with Crippen molar-refractivity contribution in [3.63, 3.8) is 0 Å². The van der Waals surface area contributed by atoms with Crippen LogP contribution in [-0.2, 0) is 27.7 Å². The minimum Gasteiger partial charge on any atom is -0.353 e. The van der Waals surface area contributed by atoms with Crippen LogP contribution in [-0.4, -0.2) is 26.9 Å². The molecule has 1 N–H and O–H groups in total. The van der Waals surface area contributed by atoms with Gasteiger partial charge in [-0.3, -0.25) is 9.10 Å². The fourth-order valence-electron chi connectivity index (χ4n) is 3.49. The summed E-state index contributed by atoms with van der Waals surface area (Å²) >= 11 is 0. The SMILES string of the molecule is O=C(CCc1ccc(S(=O)(=O)N2CCCc3ccccc32)cc1)NC1CC1. The van der Waals surface area contributed by atoms with Crippen LogP contribution in [0.25, 0.3) is 0 Å². The van der Waals surface area contributed by atoms with Crippen molar-refractivity contribution in [3.05, 3.63) is 59.7 Å². The average Bonchev–Trinajstić information content (AvgIpc) is 3.50. The number of benzene rings is 2. The van der Waals surface area contributed by atoms with Crippen molar-refractivity contribution in [1.82, 2.24) is 5.32 Å². The summed E-state index contributed by atoms with van der Waals surface area (Å²) in [5.74, 6) is 0.0686. The number of hydrogen-bond donors (Lipinski definition) is 1. The third-order valence-electron chi connectivity index (χ3n) is 5.16. The number of sulfonamides is 1. The third-order valence-corrected chi connectivity index (χ3v) is 6.99. The number of nitrogens with zero attached hydrogens (tertiary/aromatic N) is 1. The van der Waals surface area contributed by atoms with Crippen LogP contribution in [0.5, 0.6) is 0 Å². The minimum absolute atomic E-state index is 0.0686. The fraction of sp³-hybridized carbons (Fsp3) is 0.381. The molecule has 4 rings (SSSR count). The van der Waals surface area contributed by atoms with E-state index in [2.05, 4.69) is 5.32 Å². The Morgan fingerprint density at radius 3 is 2.56 bits per heavy atom. The predicted octanol–water partition coefficient (Wildman–Crippen LogP) is 3.04. The van der Waals surface area contributed by atoms with Gasteiger partial charge in [0.25, 0.3) is 10.0 Å². The minimum atomic E-state index is -3.58. The molecule has 0 unspecified atom stereocenters. The zero-order chi connectivity index (χ0) is 18.9. The van der Waals surface area contributed by atoms with Crippen LogP contribution >= 0.6 is 0 Å². The molecule has 2 aromatic rings. The molecule has 2 aromatic carbocycles. The number of aryl methyl sites for hydroxylation is 2. The molecule has 5 nitrogen and oxygen atoms in total. The van der Waals surface area contributed by atoms with Crippen molar-refractivity contribution in [3.8, 4) is 0 Å². The molecule has 1 saturated carbocycles. The largest absolute Gasteiger partial charge is 0.353 e. The number of anilines is 1. The van der Waals surface area contributed by atoms with Gasteiger partial charge in [0.15, 0.2) is 0 Å². The van der Waals surface area contributed by atoms with Crippen LogP contribution in [0.4, 0.5) is 5.69 Å². The maximum atomic E-state index is 13.1. The smallest absolute Gasteiger partial charge is 0.264 e. The van der Waals surface area contributed by atoms with E-state index in [4.69, 9.17) is 0 Å². The lowest BCUT2D eigenvalue weighted by molar-refractivity contribution is -0.121. The maximum Gasteiger partial charge on any atom is 0.264 e. The van der Waals surface area contributed by atoms with Gasteiger partial charge < -0.3 is 5.32 Å². The lowest BCUT2D eigenvalue weighted by atomic mass is 10.0. The van der Waals surface area contributed by atoms with E-state index < -0.39 is 10.0 Å². The summed E-state index contributed by atoms with van der Waals surface area (Å²) in [7, 11) is -3.58. The second-order valence-electron chi connectivity index (χ2n) is 7.30. The standard InChI is InChI=1S/C21H24N2O3S/c24-21(22-18-10-11-18)14-9-16-7-12-19(13-8-16)27(25,26)23-15-3-5-17-4-1-2-6-20(17)23/h1-2,4,6-8,12-13,18H,3,5,9-11,14-15H2,(H,22,24). The maximum absolute atomic E-state index is 13.1. The van der Waals surface area contributed by atoms with E-state index in [1.54, 1.807) is 12.1 Å². The number of nitrogens with one attached hydrogen (secondary N) is 1. The highest BCUT2D eigenvalue weighted by Gasteiger charge is 2.28. The van der Waals surface area contributed by atoms with Gasteiger partial charge >= 0.3 is 0 Å². The summed E-state index contributed by atoms with van der Waals surface area (Å²) in [6.07, 6.45) is 4.94. The molecule has 0 bridgehead atoms. The molecule has 0 aromatic heterocycles. The summed E-state index contributed by atoms with van der Waals surface area (Å²) in [5.41, 5.74) is 2.83. The van der Waals surface area contributed by atoms with E-state index in [9.17, 15) is 13.2 Å². The van der Waals surface area contributed by atoms with Gasteiger partial charge in [-0.25, -0.2) is 8.42 Å². The van der Waals surface area contributed by atoms with Crippen LogP contribution in [0.15, 0.2) is 53.4 Å². The molecule has 1 amide bonds. The monoisotopic (exact) mass is 384 g/mol. The molecule has 0 spiro atoms. The molecule has 1 aliphatic heterocycles. The Morgan fingerprint density at radius 1 is 1.07 bits per heavy atom.